The largest absolute Gasteiger partial charge is 0.371 e. The molecule has 23 heavy (non-hydrogen) atoms. The van der Waals surface area contributed by atoms with E-state index in [0.29, 0.717) is 0 Å². The van der Waals surface area contributed by atoms with Crippen molar-refractivity contribution >= 4 is 11.8 Å². The molecule has 2 aromatic rings. The molecule has 0 radical (unpaired) electrons. The molecule has 4 rings (SSSR count). The minimum atomic E-state index is 0.0127. The van der Waals surface area contributed by atoms with Crippen LogP contribution in [0.5, 0.6) is 0 Å². The van der Waals surface area contributed by atoms with Crippen molar-refractivity contribution in [3.63, 3.8) is 0 Å². The number of rotatable bonds is 3. The van der Waals surface area contributed by atoms with E-state index in [2.05, 4.69) is 48.0 Å². The van der Waals surface area contributed by atoms with Gasteiger partial charge >= 0.3 is 0 Å². The van der Waals surface area contributed by atoms with E-state index in [0.717, 1.165) is 40.9 Å². The molecule has 0 saturated carbocycles. The fraction of sp³-hybridized carbons (Fsp3) is 0.250. The van der Waals surface area contributed by atoms with Gasteiger partial charge in [-0.15, -0.1) is 0 Å². The van der Waals surface area contributed by atoms with Gasteiger partial charge in [-0.3, -0.25) is 4.79 Å². The van der Waals surface area contributed by atoms with Crippen molar-refractivity contribution in [3.8, 4) is 0 Å². The van der Waals surface area contributed by atoms with Gasteiger partial charge in [0.05, 0.1) is 11.0 Å². The minimum Gasteiger partial charge on any atom is -0.371 e. The Balaban J connectivity index is 2.24. The third kappa shape index (κ3) is 1.93. The molecule has 3 nitrogen and oxygen atoms in total. The van der Waals surface area contributed by atoms with Crippen LogP contribution in [0.2, 0.25) is 0 Å². The highest BCUT2D eigenvalue weighted by Gasteiger charge is 2.22. The van der Waals surface area contributed by atoms with E-state index in [1.165, 1.54) is 16.5 Å². The fourth-order valence-corrected chi connectivity index (χ4v) is 3.78. The van der Waals surface area contributed by atoms with Gasteiger partial charge < -0.3 is 9.88 Å². The van der Waals surface area contributed by atoms with Crippen LogP contribution in [-0.4, -0.2) is 23.0 Å². The zero-order chi connectivity index (χ0) is 16.0. The Morgan fingerprint density at radius 3 is 2.61 bits per heavy atom. The predicted molar refractivity (Wildman–Crippen MR) is 93.2 cm³/mol. The summed E-state index contributed by atoms with van der Waals surface area (Å²) in [6.45, 7) is 6.27. The second kappa shape index (κ2) is 5.27. The topological polar surface area (TPSA) is 36.1 Å². The van der Waals surface area contributed by atoms with Crippen LogP contribution in [0.3, 0.4) is 0 Å². The van der Waals surface area contributed by atoms with Gasteiger partial charge in [-0.05, 0) is 31.9 Å². The fourth-order valence-electron chi connectivity index (χ4n) is 3.78. The molecule has 0 saturated heterocycles. The first kappa shape index (κ1) is 14.1. The number of hydrogen-bond acceptors (Lipinski definition) is 2. The highest BCUT2D eigenvalue weighted by Crippen LogP contribution is 2.23. The van der Waals surface area contributed by atoms with Crippen molar-refractivity contribution in [2.75, 3.05) is 13.1 Å². The molecular formula is C20H20N2O. The van der Waals surface area contributed by atoms with Crippen LogP contribution in [0.25, 0.3) is 11.8 Å². The number of nitrogens with one attached hydrogen (secondary N) is 1. The first-order valence-corrected chi connectivity index (χ1v) is 8.27. The van der Waals surface area contributed by atoms with Crippen molar-refractivity contribution in [1.29, 1.82) is 0 Å². The quantitative estimate of drug-likeness (QED) is 0.930. The van der Waals surface area contributed by atoms with Crippen LogP contribution in [0.1, 0.15) is 25.0 Å². The van der Waals surface area contributed by atoms with Crippen LogP contribution in [-0.2, 0) is 6.42 Å². The summed E-state index contributed by atoms with van der Waals surface area (Å²) in [5.74, 6) is 0. The lowest BCUT2D eigenvalue weighted by atomic mass is 9.98. The summed E-state index contributed by atoms with van der Waals surface area (Å²) in [5, 5.41) is 4.15. The predicted octanol–water partition coefficient (Wildman–Crippen LogP) is 1.37. The molecule has 2 aliphatic rings. The third-order valence-electron chi connectivity index (χ3n) is 4.85. The lowest BCUT2D eigenvalue weighted by molar-refractivity contribution is 0.439. The van der Waals surface area contributed by atoms with E-state index in [1.807, 2.05) is 18.2 Å². The zero-order valence-electron chi connectivity index (χ0n) is 13.5. The number of fused-ring (bicyclic) bond motifs is 4. The summed E-state index contributed by atoms with van der Waals surface area (Å²) >= 11 is 0. The number of hydrogen-bond donors (Lipinski definition) is 1. The Morgan fingerprint density at radius 2 is 1.87 bits per heavy atom. The molecule has 3 heteroatoms. The number of nitrogens with zero attached hydrogens (tertiary/aromatic N) is 1. The van der Waals surface area contributed by atoms with Crippen molar-refractivity contribution < 1.29 is 0 Å². The molecule has 1 heterocycles. The Labute approximate surface area is 134 Å². The summed E-state index contributed by atoms with van der Waals surface area (Å²) in [4.78, 5) is 18.0. The molecule has 0 amide bonds. The minimum absolute atomic E-state index is 0.0127. The Bertz CT molecular complexity index is 1090. The standard InChI is InChI=1S/C20H20N2O/c1-3-22(4-2)19-15-11-7-6-10-14(15)18-17(19)13-9-5-8-12-16(13)20(23)21-18/h5-8,10-12H,3-4,9H2,1-2H3,(H,21,23). The molecule has 0 atom stereocenters. The van der Waals surface area contributed by atoms with Crippen molar-refractivity contribution in [2.24, 2.45) is 0 Å². The molecule has 2 aliphatic carbocycles. The van der Waals surface area contributed by atoms with E-state index >= 15 is 0 Å². The lowest BCUT2D eigenvalue weighted by Crippen LogP contribution is -2.35. The van der Waals surface area contributed by atoms with Crippen molar-refractivity contribution in [1.82, 2.24) is 9.88 Å². The maximum absolute atomic E-state index is 12.5. The maximum Gasteiger partial charge on any atom is 0.256 e. The van der Waals surface area contributed by atoms with Gasteiger partial charge in [0.15, 0.2) is 0 Å². The van der Waals surface area contributed by atoms with Gasteiger partial charge in [0.25, 0.3) is 5.56 Å². The van der Waals surface area contributed by atoms with E-state index in [9.17, 15) is 4.79 Å². The Morgan fingerprint density at radius 1 is 1.13 bits per heavy atom. The molecule has 0 aliphatic heterocycles. The molecule has 1 N–H and O–H groups in total. The average Bonchev–Trinajstić information content (AvgIpc) is 2.92. The van der Waals surface area contributed by atoms with Crippen molar-refractivity contribution in [2.45, 2.75) is 20.3 Å². The number of H-pyrrole nitrogens is 1. The highest BCUT2D eigenvalue weighted by molar-refractivity contribution is 5.71. The van der Waals surface area contributed by atoms with Crippen LogP contribution in [0.4, 0.5) is 0 Å². The zero-order valence-corrected chi connectivity index (χ0v) is 13.5. The third-order valence-corrected chi connectivity index (χ3v) is 4.85. The molecule has 0 spiro atoms. The van der Waals surface area contributed by atoms with Crippen LogP contribution in [0.15, 0.2) is 41.2 Å². The van der Waals surface area contributed by atoms with Crippen molar-refractivity contribution in [3.05, 3.63) is 78.9 Å². The Hall–Kier alpha value is -2.55. The monoisotopic (exact) mass is 304 g/mol. The summed E-state index contributed by atoms with van der Waals surface area (Å²) in [7, 11) is 0. The number of aromatic nitrogens is 1. The van der Waals surface area contributed by atoms with E-state index in [-0.39, 0.29) is 5.56 Å². The van der Waals surface area contributed by atoms with Gasteiger partial charge in [-0.1, -0.05) is 36.4 Å². The van der Waals surface area contributed by atoms with Crippen LogP contribution >= 0.6 is 0 Å². The van der Waals surface area contributed by atoms with Gasteiger partial charge in [-0.25, -0.2) is 0 Å². The number of pyridine rings is 1. The van der Waals surface area contributed by atoms with Gasteiger partial charge in [0.1, 0.15) is 0 Å². The van der Waals surface area contributed by atoms with Crippen LogP contribution in [0, 0.1) is 10.6 Å². The average molecular weight is 304 g/mol. The van der Waals surface area contributed by atoms with Crippen LogP contribution < -0.4 is 16.0 Å². The SMILES string of the molecule is CCN(CC)C1=c2ccccc2=c2[nH]c(=O)c3c(c21)CC=CC=3. The smallest absolute Gasteiger partial charge is 0.256 e. The molecule has 0 bridgehead atoms. The summed E-state index contributed by atoms with van der Waals surface area (Å²) in [6, 6.07) is 8.38. The first-order valence-electron chi connectivity index (χ1n) is 8.27. The normalized spacial score (nSPS) is 14.1. The molecule has 116 valence electrons. The Kier molecular flexibility index (Phi) is 3.22. The van der Waals surface area contributed by atoms with E-state index < -0.39 is 0 Å². The molecule has 1 aromatic heterocycles. The second-order valence-electron chi connectivity index (χ2n) is 5.96. The number of benzene rings is 1. The summed E-state index contributed by atoms with van der Waals surface area (Å²) in [5.41, 5.74) is 3.64. The molecular weight excluding hydrogens is 284 g/mol. The van der Waals surface area contributed by atoms with Gasteiger partial charge in [0, 0.05) is 34.3 Å². The molecule has 0 unspecified atom stereocenters. The summed E-state index contributed by atoms with van der Waals surface area (Å²) < 4.78 is 0. The maximum atomic E-state index is 12.5. The molecule has 1 aromatic carbocycles. The van der Waals surface area contributed by atoms with E-state index in [1.54, 1.807) is 0 Å². The number of aromatic amines is 1. The van der Waals surface area contributed by atoms with E-state index in [4.69, 9.17) is 0 Å². The summed E-state index contributed by atoms with van der Waals surface area (Å²) in [6.07, 6.45) is 6.85. The molecule has 0 fully saturated rings. The number of allylic oxidation sites excluding steroid dienone is 2. The highest BCUT2D eigenvalue weighted by atomic mass is 16.1. The van der Waals surface area contributed by atoms with Gasteiger partial charge in [0.2, 0.25) is 0 Å². The first-order chi connectivity index (χ1) is 11.3. The lowest BCUT2D eigenvalue weighted by Gasteiger charge is -2.25. The second-order valence-corrected chi connectivity index (χ2v) is 5.96. The van der Waals surface area contributed by atoms with Gasteiger partial charge in [-0.2, -0.15) is 0 Å².